The lowest BCUT2D eigenvalue weighted by molar-refractivity contribution is -0.146. The highest BCUT2D eigenvalue weighted by Gasteiger charge is 2.37. The highest BCUT2D eigenvalue weighted by atomic mass is 16.4. The third-order valence-electron chi connectivity index (χ3n) is 2.86. The number of carbonyl (C=O) groups excluding carboxylic acids is 1. The van der Waals surface area contributed by atoms with Gasteiger partial charge in [-0.2, -0.15) is 0 Å². The van der Waals surface area contributed by atoms with Crippen molar-refractivity contribution in [2.45, 2.75) is 19.4 Å². The molecule has 1 atom stereocenters. The summed E-state index contributed by atoms with van der Waals surface area (Å²) in [6.45, 7) is 2.47. The van der Waals surface area contributed by atoms with Gasteiger partial charge in [0, 0.05) is 12.1 Å². The van der Waals surface area contributed by atoms with Crippen LogP contribution in [0.25, 0.3) is 0 Å². The fourth-order valence-electron chi connectivity index (χ4n) is 1.75. The Hall–Kier alpha value is -1.84. The summed E-state index contributed by atoms with van der Waals surface area (Å²) in [5.74, 6) is -1.12. The lowest BCUT2D eigenvalue weighted by Crippen LogP contribution is -2.55. The largest absolute Gasteiger partial charge is 0.480 e. The molecule has 4 heteroatoms. The molecule has 1 fully saturated rings. The van der Waals surface area contributed by atoms with Crippen molar-refractivity contribution in [2.75, 3.05) is 6.54 Å². The Labute approximate surface area is 93.5 Å². The summed E-state index contributed by atoms with van der Waals surface area (Å²) in [6, 6.07) is 6.52. The minimum atomic E-state index is -0.924. The van der Waals surface area contributed by atoms with E-state index in [-0.39, 0.29) is 5.91 Å². The van der Waals surface area contributed by atoms with E-state index in [1.165, 1.54) is 4.90 Å². The van der Waals surface area contributed by atoms with Crippen LogP contribution in [0.1, 0.15) is 22.3 Å². The second-order valence-electron chi connectivity index (χ2n) is 4.01. The van der Waals surface area contributed by atoms with E-state index in [1.807, 2.05) is 19.1 Å². The number of aryl methyl sites for hydroxylation is 1. The molecule has 84 valence electrons. The lowest BCUT2D eigenvalue weighted by atomic mass is 10.0. The third-order valence-corrected chi connectivity index (χ3v) is 2.86. The lowest BCUT2D eigenvalue weighted by Gasteiger charge is -2.37. The molecule has 0 unspecified atom stereocenters. The van der Waals surface area contributed by atoms with E-state index < -0.39 is 12.0 Å². The average molecular weight is 219 g/mol. The first-order valence-electron chi connectivity index (χ1n) is 5.20. The average Bonchev–Trinajstić information content (AvgIpc) is 2.15. The molecular weight excluding hydrogens is 206 g/mol. The molecule has 1 aromatic carbocycles. The Morgan fingerprint density at radius 3 is 2.38 bits per heavy atom. The van der Waals surface area contributed by atoms with Crippen LogP contribution in [0, 0.1) is 6.92 Å². The molecule has 0 saturated carbocycles. The van der Waals surface area contributed by atoms with Crippen molar-refractivity contribution >= 4 is 11.9 Å². The number of aliphatic carboxylic acids is 1. The van der Waals surface area contributed by atoms with Gasteiger partial charge in [-0.3, -0.25) is 4.79 Å². The van der Waals surface area contributed by atoms with Gasteiger partial charge in [0.15, 0.2) is 0 Å². The summed E-state index contributed by atoms with van der Waals surface area (Å²) < 4.78 is 0. The second-order valence-corrected chi connectivity index (χ2v) is 4.01. The van der Waals surface area contributed by atoms with Gasteiger partial charge in [-0.15, -0.1) is 0 Å². The molecule has 0 aliphatic carbocycles. The summed E-state index contributed by atoms with van der Waals surface area (Å²) in [7, 11) is 0. The molecule has 0 bridgehead atoms. The Balaban J connectivity index is 2.14. The molecule has 2 rings (SSSR count). The molecule has 1 aromatic rings. The van der Waals surface area contributed by atoms with Crippen molar-refractivity contribution in [2.24, 2.45) is 0 Å². The number of carbonyl (C=O) groups is 2. The van der Waals surface area contributed by atoms with E-state index in [1.54, 1.807) is 12.1 Å². The van der Waals surface area contributed by atoms with E-state index in [0.29, 0.717) is 18.5 Å². The predicted molar refractivity (Wildman–Crippen MR) is 58.3 cm³/mol. The number of benzene rings is 1. The maximum atomic E-state index is 11.9. The van der Waals surface area contributed by atoms with Gasteiger partial charge in [0.25, 0.3) is 5.91 Å². The molecule has 1 amide bonds. The summed E-state index contributed by atoms with van der Waals surface area (Å²) in [5.41, 5.74) is 1.63. The molecule has 1 aliphatic heterocycles. The van der Waals surface area contributed by atoms with Crippen LogP contribution in [0.3, 0.4) is 0 Å². The van der Waals surface area contributed by atoms with Gasteiger partial charge in [0.1, 0.15) is 6.04 Å². The normalized spacial score (nSPS) is 19.1. The van der Waals surface area contributed by atoms with Gasteiger partial charge in [-0.1, -0.05) is 17.7 Å². The number of nitrogens with zero attached hydrogens (tertiary/aromatic N) is 1. The first-order chi connectivity index (χ1) is 7.59. The molecule has 1 saturated heterocycles. The number of rotatable bonds is 2. The van der Waals surface area contributed by atoms with Crippen LogP contribution < -0.4 is 0 Å². The molecule has 0 spiro atoms. The zero-order valence-corrected chi connectivity index (χ0v) is 9.01. The molecule has 1 N–H and O–H groups in total. The standard InChI is InChI=1S/C12H13NO3/c1-8-2-4-9(5-3-8)11(14)13-7-6-10(13)12(15)16/h2-5,10H,6-7H2,1H3,(H,15,16)/t10-/m1/s1. The van der Waals surface area contributed by atoms with Crippen LogP contribution >= 0.6 is 0 Å². The molecule has 0 aromatic heterocycles. The first-order valence-corrected chi connectivity index (χ1v) is 5.20. The number of hydrogen-bond donors (Lipinski definition) is 1. The van der Waals surface area contributed by atoms with Gasteiger partial charge in [-0.25, -0.2) is 4.79 Å². The van der Waals surface area contributed by atoms with Crippen molar-refractivity contribution < 1.29 is 14.7 Å². The maximum absolute atomic E-state index is 11.9. The number of carboxylic acid groups (broad SMARTS) is 1. The predicted octanol–water partition coefficient (Wildman–Crippen LogP) is 1.29. The Kier molecular flexibility index (Phi) is 2.64. The van der Waals surface area contributed by atoms with Gasteiger partial charge >= 0.3 is 5.97 Å². The van der Waals surface area contributed by atoms with Crippen LogP contribution in [-0.4, -0.2) is 34.5 Å². The highest BCUT2D eigenvalue weighted by molar-refractivity contribution is 5.97. The van der Waals surface area contributed by atoms with Crippen molar-refractivity contribution in [3.8, 4) is 0 Å². The maximum Gasteiger partial charge on any atom is 0.326 e. The second kappa shape index (κ2) is 3.96. The van der Waals surface area contributed by atoms with Crippen molar-refractivity contribution in [3.63, 3.8) is 0 Å². The molecule has 0 radical (unpaired) electrons. The molecule has 4 nitrogen and oxygen atoms in total. The number of carboxylic acids is 1. The fourth-order valence-corrected chi connectivity index (χ4v) is 1.75. The quantitative estimate of drug-likeness (QED) is 0.815. The number of likely N-dealkylation sites (tertiary alicyclic amines) is 1. The smallest absolute Gasteiger partial charge is 0.326 e. The minimum Gasteiger partial charge on any atom is -0.480 e. The van der Waals surface area contributed by atoms with Gasteiger partial charge in [0.2, 0.25) is 0 Å². The van der Waals surface area contributed by atoms with Crippen LogP contribution in [0.15, 0.2) is 24.3 Å². The van der Waals surface area contributed by atoms with E-state index in [2.05, 4.69) is 0 Å². The van der Waals surface area contributed by atoms with Gasteiger partial charge in [0.05, 0.1) is 0 Å². The Bertz CT molecular complexity index is 424. The van der Waals surface area contributed by atoms with E-state index >= 15 is 0 Å². The third kappa shape index (κ3) is 1.78. The summed E-state index contributed by atoms with van der Waals surface area (Å²) >= 11 is 0. The number of amides is 1. The summed E-state index contributed by atoms with van der Waals surface area (Å²) in [5, 5.41) is 8.85. The first kappa shape index (κ1) is 10.7. The topological polar surface area (TPSA) is 57.6 Å². The number of hydrogen-bond acceptors (Lipinski definition) is 2. The van der Waals surface area contributed by atoms with E-state index in [4.69, 9.17) is 5.11 Å². The van der Waals surface area contributed by atoms with E-state index in [9.17, 15) is 9.59 Å². The zero-order chi connectivity index (χ0) is 11.7. The molecule has 1 heterocycles. The van der Waals surface area contributed by atoms with Crippen molar-refractivity contribution in [1.82, 2.24) is 4.90 Å². The highest BCUT2D eigenvalue weighted by Crippen LogP contribution is 2.20. The van der Waals surface area contributed by atoms with Gasteiger partial charge in [-0.05, 0) is 25.5 Å². The van der Waals surface area contributed by atoms with Gasteiger partial charge < -0.3 is 10.0 Å². The Morgan fingerprint density at radius 2 is 1.94 bits per heavy atom. The molecule has 16 heavy (non-hydrogen) atoms. The van der Waals surface area contributed by atoms with Crippen LogP contribution in [0.2, 0.25) is 0 Å². The van der Waals surface area contributed by atoms with Crippen molar-refractivity contribution in [3.05, 3.63) is 35.4 Å². The summed E-state index contributed by atoms with van der Waals surface area (Å²) in [4.78, 5) is 24.1. The monoisotopic (exact) mass is 219 g/mol. The molecular formula is C12H13NO3. The van der Waals surface area contributed by atoms with Crippen LogP contribution in [-0.2, 0) is 4.79 Å². The minimum absolute atomic E-state index is 0.196. The van der Waals surface area contributed by atoms with Crippen LogP contribution in [0.5, 0.6) is 0 Å². The van der Waals surface area contributed by atoms with E-state index in [0.717, 1.165) is 5.56 Å². The Morgan fingerprint density at radius 1 is 1.31 bits per heavy atom. The van der Waals surface area contributed by atoms with Crippen LogP contribution in [0.4, 0.5) is 0 Å². The molecule has 1 aliphatic rings. The zero-order valence-electron chi connectivity index (χ0n) is 9.01. The van der Waals surface area contributed by atoms with Crippen molar-refractivity contribution in [1.29, 1.82) is 0 Å². The SMILES string of the molecule is Cc1ccc(C(=O)N2CC[C@@H]2C(=O)O)cc1. The fraction of sp³-hybridized carbons (Fsp3) is 0.333. The summed E-state index contributed by atoms with van der Waals surface area (Å²) in [6.07, 6.45) is 0.549.